The van der Waals surface area contributed by atoms with E-state index in [4.69, 9.17) is 14.2 Å². The Kier molecular flexibility index (Phi) is 5.29. The molecular weight excluding hydrogens is 312 g/mol. The molecule has 2 rings (SSSR count). The van der Waals surface area contributed by atoms with Gasteiger partial charge in [-0.05, 0) is 37.8 Å². The van der Waals surface area contributed by atoms with E-state index >= 15 is 0 Å². The lowest BCUT2D eigenvalue weighted by Gasteiger charge is -2.22. The van der Waals surface area contributed by atoms with E-state index in [1.54, 1.807) is 19.1 Å². The topological polar surface area (TPSA) is 97.6 Å². The van der Waals surface area contributed by atoms with E-state index in [2.05, 4.69) is 11.4 Å². The first kappa shape index (κ1) is 17.6. The lowest BCUT2D eigenvalue weighted by molar-refractivity contribution is -0.125. The second-order valence-corrected chi connectivity index (χ2v) is 5.78. The van der Waals surface area contributed by atoms with E-state index in [1.807, 2.05) is 0 Å². The maximum atomic E-state index is 12.1. The van der Waals surface area contributed by atoms with Gasteiger partial charge in [-0.3, -0.25) is 4.79 Å². The van der Waals surface area contributed by atoms with Crippen LogP contribution in [0, 0.1) is 17.2 Å². The molecule has 1 aliphatic rings. The Morgan fingerprint density at radius 1 is 1.33 bits per heavy atom. The van der Waals surface area contributed by atoms with E-state index in [0.717, 1.165) is 12.8 Å². The fourth-order valence-corrected chi connectivity index (χ4v) is 2.38. The molecule has 0 spiro atoms. The molecule has 0 aromatic heterocycles. The molecule has 0 heterocycles. The summed E-state index contributed by atoms with van der Waals surface area (Å²) in [5, 5.41) is 11.8. The largest absolute Gasteiger partial charge is 0.497 e. The number of hydrogen-bond acceptors (Lipinski definition) is 6. The molecule has 1 aromatic carbocycles. The van der Waals surface area contributed by atoms with Crippen LogP contribution in [0.3, 0.4) is 0 Å². The number of nitriles is 1. The molecule has 0 aliphatic heterocycles. The van der Waals surface area contributed by atoms with Crippen molar-refractivity contribution in [3.63, 3.8) is 0 Å². The number of hydrogen-bond donors (Lipinski definition) is 1. The normalized spacial score (nSPS) is 15.6. The highest BCUT2D eigenvalue weighted by molar-refractivity contribution is 5.94. The van der Waals surface area contributed by atoms with Gasteiger partial charge in [0.1, 0.15) is 22.6 Å². The number of nitrogens with zero attached hydrogens (tertiary/aromatic N) is 1. The standard InChI is InChI=1S/C17H20N2O5/c1-17(10-18,11-4-5-11)19-15(20)9-24-16(21)13-7-6-12(22-2)8-14(13)23-3/h6-8,11H,4-5,9H2,1-3H3,(H,19,20)/t17-/m0/s1. The van der Waals surface area contributed by atoms with Crippen LogP contribution in [0.15, 0.2) is 18.2 Å². The minimum Gasteiger partial charge on any atom is -0.497 e. The summed E-state index contributed by atoms with van der Waals surface area (Å²) in [6.45, 7) is 1.22. The van der Waals surface area contributed by atoms with E-state index in [1.165, 1.54) is 20.3 Å². The third-order valence-corrected chi connectivity index (χ3v) is 3.99. The zero-order chi connectivity index (χ0) is 17.7. The van der Waals surface area contributed by atoms with Gasteiger partial charge in [0, 0.05) is 6.07 Å². The third kappa shape index (κ3) is 3.96. The predicted octanol–water partition coefficient (Wildman–Crippen LogP) is 1.67. The van der Waals surface area contributed by atoms with Gasteiger partial charge in [-0.2, -0.15) is 5.26 Å². The summed E-state index contributed by atoms with van der Waals surface area (Å²) >= 11 is 0. The van der Waals surface area contributed by atoms with Crippen molar-refractivity contribution in [3.8, 4) is 17.6 Å². The summed E-state index contributed by atoms with van der Waals surface area (Å²) in [5.74, 6) is -0.208. The van der Waals surface area contributed by atoms with Crippen molar-refractivity contribution in [1.29, 1.82) is 5.26 Å². The summed E-state index contributed by atoms with van der Waals surface area (Å²) in [6, 6.07) is 6.77. The Morgan fingerprint density at radius 3 is 2.58 bits per heavy atom. The molecule has 1 atom stereocenters. The van der Waals surface area contributed by atoms with E-state index in [0.29, 0.717) is 11.5 Å². The van der Waals surface area contributed by atoms with Crippen LogP contribution >= 0.6 is 0 Å². The molecule has 1 amide bonds. The van der Waals surface area contributed by atoms with Crippen LogP contribution in [0.5, 0.6) is 11.5 Å². The predicted molar refractivity (Wildman–Crippen MR) is 84.7 cm³/mol. The van der Waals surface area contributed by atoms with Gasteiger partial charge in [0.05, 0.1) is 20.3 Å². The number of nitrogens with one attached hydrogen (secondary N) is 1. The number of esters is 1. The van der Waals surface area contributed by atoms with Crippen LogP contribution in [0.25, 0.3) is 0 Å². The zero-order valence-corrected chi connectivity index (χ0v) is 13.9. The summed E-state index contributed by atoms with van der Waals surface area (Å²) in [5.41, 5.74) is -0.724. The number of methoxy groups -OCH3 is 2. The van der Waals surface area contributed by atoms with E-state index in [9.17, 15) is 14.9 Å². The number of rotatable bonds is 7. The van der Waals surface area contributed by atoms with Gasteiger partial charge in [-0.25, -0.2) is 4.79 Å². The van der Waals surface area contributed by atoms with Gasteiger partial charge < -0.3 is 19.5 Å². The van der Waals surface area contributed by atoms with Gasteiger partial charge in [0.15, 0.2) is 6.61 Å². The summed E-state index contributed by atoms with van der Waals surface area (Å²) in [4.78, 5) is 24.1. The number of carbonyl (C=O) groups is 2. The van der Waals surface area contributed by atoms with E-state index in [-0.39, 0.29) is 11.5 Å². The quantitative estimate of drug-likeness (QED) is 0.763. The molecule has 0 unspecified atom stereocenters. The minimum absolute atomic E-state index is 0.156. The molecule has 1 aliphatic carbocycles. The Bertz CT molecular complexity index is 678. The minimum atomic E-state index is -0.915. The first-order valence-corrected chi connectivity index (χ1v) is 7.55. The average Bonchev–Trinajstić information content (AvgIpc) is 3.44. The SMILES string of the molecule is COc1ccc(C(=O)OCC(=O)N[C@@](C)(C#N)C2CC2)c(OC)c1. The molecule has 24 heavy (non-hydrogen) atoms. The Hall–Kier alpha value is -2.75. The van der Waals surface area contributed by atoms with Crippen LogP contribution in [-0.4, -0.2) is 38.2 Å². The van der Waals surface area contributed by atoms with Crippen molar-refractivity contribution in [2.75, 3.05) is 20.8 Å². The highest BCUT2D eigenvalue weighted by Gasteiger charge is 2.43. The van der Waals surface area contributed by atoms with Crippen molar-refractivity contribution >= 4 is 11.9 Å². The van der Waals surface area contributed by atoms with Crippen molar-refractivity contribution in [2.24, 2.45) is 5.92 Å². The van der Waals surface area contributed by atoms with Crippen LogP contribution in [-0.2, 0) is 9.53 Å². The first-order chi connectivity index (χ1) is 11.4. The van der Waals surface area contributed by atoms with Gasteiger partial charge >= 0.3 is 5.97 Å². The van der Waals surface area contributed by atoms with Gasteiger partial charge in [-0.1, -0.05) is 0 Å². The summed E-state index contributed by atoms with van der Waals surface area (Å²) in [7, 11) is 2.93. The maximum Gasteiger partial charge on any atom is 0.342 e. The molecule has 1 aromatic rings. The molecule has 0 bridgehead atoms. The molecular formula is C17H20N2O5. The van der Waals surface area contributed by atoms with Crippen LogP contribution in [0.4, 0.5) is 0 Å². The van der Waals surface area contributed by atoms with E-state index < -0.39 is 24.0 Å². The fourth-order valence-electron chi connectivity index (χ4n) is 2.38. The Labute approximate surface area is 140 Å². The van der Waals surface area contributed by atoms with Crippen molar-refractivity contribution < 1.29 is 23.8 Å². The average molecular weight is 332 g/mol. The number of amides is 1. The molecule has 1 saturated carbocycles. The van der Waals surface area contributed by atoms with Crippen LogP contribution < -0.4 is 14.8 Å². The molecule has 1 fully saturated rings. The third-order valence-electron chi connectivity index (χ3n) is 3.99. The molecule has 0 radical (unpaired) electrons. The summed E-state index contributed by atoms with van der Waals surface area (Å²) in [6.07, 6.45) is 1.82. The smallest absolute Gasteiger partial charge is 0.342 e. The number of ether oxygens (including phenoxy) is 3. The monoisotopic (exact) mass is 332 g/mol. The second-order valence-electron chi connectivity index (χ2n) is 5.78. The van der Waals surface area contributed by atoms with Crippen molar-refractivity contribution in [2.45, 2.75) is 25.3 Å². The molecule has 1 N–H and O–H groups in total. The highest BCUT2D eigenvalue weighted by atomic mass is 16.5. The zero-order valence-electron chi connectivity index (χ0n) is 13.9. The van der Waals surface area contributed by atoms with Gasteiger partial charge in [0.2, 0.25) is 0 Å². The Morgan fingerprint density at radius 2 is 2.04 bits per heavy atom. The first-order valence-electron chi connectivity index (χ1n) is 7.55. The molecule has 128 valence electrons. The second kappa shape index (κ2) is 7.21. The lowest BCUT2D eigenvalue weighted by atomic mass is 9.98. The maximum absolute atomic E-state index is 12.1. The summed E-state index contributed by atoms with van der Waals surface area (Å²) < 4.78 is 15.2. The highest BCUT2D eigenvalue weighted by Crippen LogP contribution is 2.39. The van der Waals surface area contributed by atoms with Crippen molar-refractivity contribution in [3.05, 3.63) is 23.8 Å². The van der Waals surface area contributed by atoms with Crippen molar-refractivity contribution in [1.82, 2.24) is 5.32 Å². The molecule has 7 nitrogen and oxygen atoms in total. The van der Waals surface area contributed by atoms with Gasteiger partial charge in [0.25, 0.3) is 5.91 Å². The van der Waals surface area contributed by atoms with Gasteiger partial charge in [-0.15, -0.1) is 0 Å². The Balaban J connectivity index is 1.95. The van der Waals surface area contributed by atoms with Crippen LogP contribution in [0.1, 0.15) is 30.1 Å². The fraction of sp³-hybridized carbons (Fsp3) is 0.471. The number of carbonyl (C=O) groups excluding carboxylic acids is 2. The van der Waals surface area contributed by atoms with Crippen LogP contribution in [0.2, 0.25) is 0 Å². The lowest BCUT2D eigenvalue weighted by Crippen LogP contribution is -2.48. The molecule has 7 heteroatoms. The molecule has 0 saturated heterocycles. The number of benzene rings is 1.